The van der Waals surface area contributed by atoms with Gasteiger partial charge in [-0.2, -0.15) is 0 Å². The summed E-state index contributed by atoms with van der Waals surface area (Å²) in [5.41, 5.74) is 1.08. The maximum absolute atomic E-state index is 12.5. The van der Waals surface area contributed by atoms with Gasteiger partial charge in [-0.15, -0.1) is 10.2 Å². The number of hydrogen-bond acceptors (Lipinski definition) is 4. The summed E-state index contributed by atoms with van der Waals surface area (Å²) >= 11 is 0. The van der Waals surface area contributed by atoms with E-state index in [0.717, 1.165) is 37.3 Å². The third-order valence-electron chi connectivity index (χ3n) is 4.61. The summed E-state index contributed by atoms with van der Waals surface area (Å²) in [6.07, 6.45) is 3.15. The molecule has 0 N–H and O–H groups in total. The van der Waals surface area contributed by atoms with Crippen LogP contribution in [0.3, 0.4) is 0 Å². The fourth-order valence-electron chi connectivity index (χ4n) is 3.14. The van der Waals surface area contributed by atoms with Crippen molar-refractivity contribution in [3.8, 4) is 0 Å². The molecule has 2 heterocycles. The zero-order valence-electron chi connectivity index (χ0n) is 14.3. The summed E-state index contributed by atoms with van der Waals surface area (Å²) in [7, 11) is 1.96. The lowest BCUT2D eigenvalue weighted by Crippen LogP contribution is -2.43. The summed E-state index contributed by atoms with van der Waals surface area (Å²) in [6, 6.07) is 9.93. The lowest BCUT2D eigenvalue weighted by atomic mass is 9.95. The molecule has 0 radical (unpaired) electrons. The standard InChI is InChI=1S/C18H24N4O2/c1-14(24-12-15-6-4-3-5-7-15)18(23)22-10-8-16(9-11-22)17-20-19-13-21(17)2/h3-7,13-14,16H,8-12H2,1-2H3/t14-/m1/s1. The molecule has 1 aromatic carbocycles. The van der Waals surface area contributed by atoms with E-state index in [1.807, 2.05) is 53.8 Å². The fourth-order valence-corrected chi connectivity index (χ4v) is 3.14. The predicted octanol–water partition coefficient (Wildman–Crippen LogP) is 2.13. The molecule has 6 nitrogen and oxygen atoms in total. The second-order valence-electron chi connectivity index (χ2n) is 6.34. The molecule has 6 heteroatoms. The molecule has 1 atom stereocenters. The van der Waals surface area contributed by atoms with Crippen molar-refractivity contribution in [3.63, 3.8) is 0 Å². The number of carbonyl (C=O) groups excluding carboxylic acids is 1. The van der Waals surface area contributed by atoms with Crippen molar-refractivity contribution in [2.75, 3.05) is 13.1 Å². The lowest BCUT2D eigenvalue weighted by Gasteiger charge is -2.33. The van der Waals surface area contributed by atoms with Crippen LogP contribution in [0, 0.1) is 0 Å². The van der Waals surface area contributed by atoms with Crippen LogP contribution in [0.2, 0.25) is 0 Å². The highest BCUT2D eigenvalue weighted by Gasteiger charge is 2.28. The molecule has 0 bridgehead atoms. The number of carbonyl (C=O) groups is 1. The Morgan fingerprint density at radius 1 is 1.29 bits per heavy atom. The topological polar surface area (TPSA) is 60.2 Å². The molecule has 24 heavy (non-hydrogen) atoms. The number of rotatable bonds is 5. The highest BCUT2D eigenvalue weighted by Crippen LogP contribution is 2.26. The van der Waals surface area contributed by atoms with Crippen LogP contribution in [-0.4, -0.2) is 44.8 Å². The van der Waals surface area contributed by atoms with Crippen molar-refractivity contribution in [1.29, 1.82) is 0 Å². The van der Waals surface area contributed by atoms with Crippen molar-refractivity contribution in [2.24, 2.45) is 7.05 Å². The van der Waals surface area contributed by atoms with Gasteiger partial charge >= 0.3 is 0 Å². The van der Waals surface area contributed by atoms with Crippen LogP contribution in [0.4, 0.5) is 0 Å². The first-order valence-corrected chi connectivity index (χ1v) is 8.43. The molecule has 1 fully saturated rings. The third-order valence-corrected chi connectivity index (χ3v) is 4.61. The maximum Gasteiger partial charge on any atom is 0.251 e. The van der Waals surface area contributed by atoms with Crippen molar-refractivity contribution >= 4 is 5.91 Å². The average Bonchev–Trinajstić information content (AvgIpc) is 3.06. The van der Waals surface area contributed by atoms with E-state index in [1.165, 1.54) is 0 Å². The predicted molar refractivity (Wildman–Crippen MR) is 90.3 cm³/mol. The van der Waals surface area contributed by atoms with Crippen LogP contribution in [0.15, 0.2) is 36.7 Å². The van der Waals surface area contributed by atoms with Gasteiger partial charge in [-0.1, -0.05) is 30.3 Å². The minimum atomic E-state index is -0.420. The highest BCUT2D eigenvalue weighted by atomic mass is 16.5. The smallest absolute Gasteiger partial charge is 0.251 e. The number of amides is 1. The van der Waals surface area contributed by atoms with Gasteiger partial charge in [0.1, 0.15) is 18.3 Å². The Balaban J connectivity index is 1.48. The Labute approximate surface area is 142 Å². The summed E-state index contributed by atoms with van der Waals surface area (Å²) in [6.45, 7) is 3.79. The van der Waals surface area contributed by atoms with Gasteiger partial charge in [-0.05, 0) is 25.3 Å². The molecule has 1 aromatic heterocycles. The molecular formula is C18H24N4O2. The number of piperidine rings is 1. The Morgan fingerprint density at radius 3 is 2.62 bits per heavy atom. The Bertz CT molecular complexity index is 663. The molecule has 1 aliphatic rings. The molecule has 0 saturated carbocycles. The van der Waals surface area contributed by atoms with E-state index in [0.29, 0.717) is 12.5 Å². The molecule has 1 saturated heterocycles. The number of ether oxygens (including phenoxy) is 1. The SMILES string of the molecule is C[C@@H](OCc1ccccc1)C(=O)N1CCC(c2nncn2C)CC1. The second-order valence-corrected chi connectivity index (χ2v) is 6.34. The van der Waals surface area contributed by atoms with Gasteiger partial charge in [0.2, 0.25) is 0 Å². The van der Waals surface area contributed by atoms with E-state index >= 15 is 0 Å². The summed E-state index contributed by atoms with van der Waals surface area (Å²) in [4.78, 5) is 14.5. The van der Waals surface area contributed by atoms with E-state index in [2.05, 4.69) is 10.2 Å². The van der Waals surface area contributed by atoms with Crippen molar-refractivity contribution in [3.05, 3.63) is 48.0 Å². The van der Waals surface area contributed by atoms with Crippen LogP contribution >= 0.6 is 0 Å². The maximum atomic E-state index is 12.5. The molecule has 0 spiro atoms. The fraction of sp³-hybridized carbons (Fsp3) is 0.500. The first-order chi connectivity index (χ1) is 11.6. The Hall–Kier alpha value is -2.21. The number of hydrogen-bond donors (Lipinski definition) is 0. The van der Waals surface area contributed by atoms with Crippen LogP contribution in [0.25, 0.3) is 0 Å². The van der Waals surface area contributed by atoms with E-state index in [1.54, 1.807) is 6.33 Å². The van der Waals surface area contributed by atoms with Gasteiger partial charge in [0.25, 0.3) is 5.91 Å². The van der Waals surface area contributed by atoms with E-state index in [4.69, 9.17) is 4.74 Å². The van der Waals surface area contributed by atoms with Gasteiger partial charge in [0, 0.05) is 26.1 Å². The van der Waals surface area contributed by atoms with Crippen LogP contribution in [-0.2, 0) is 23.2 Å². The monoisotopic (exact) mass is 328 g/mol. The minimum absolute atomic E-state index is 0.0716. The normalized spacial score (nSPS) is 17.0. The van der Waals surface area contributed by atoms with Gasteiger partial charge in [-0.3, -0.25) is 4.79 Å². The summed E-state index contributed by atoms with van der Waals surface area (Å²) in [5, 5.41) is 8.14. The first-order valence-electron chi connectivity index (χ1n) is 8.43. The van der Waals surface area contributed by atoms with E-state index < -0.39 is 6.10 Å². The third kappa shape index (κ3) is 3.82. The quantitative estimate of drug-likeness (QED) is 0.843. The minimum Gasteiger partial charge on any atom is -0.364 e. The van der Waals surface area contributed by atoms with Crippen LogP contribution in [0.5, 0.6) is 0 Å². The Kier molecular flexibility index (Phi) is 5.25. The second kappa shape index (κ2) is 7.57. The van der Waals surface area contributed by atoms with Crippen molar-refractivity contribution in [2.45, 2.75) is 38.4 Å². The summed E-state index contributed by atoms with van der Waals surface area (Å²) in [5.74, 6) is 1.46. The zero-order valence-corrected chi connectivity index (χ0v) is 14.3. The largest absolute Gasteiger partial charge is 0.364 e. The number of likely N-dealkylation sites (tertiary alicyclic amines) is 1. The summed E-state index contributed by atoms with van der Waals surface area (Å²) < 4.78 is 7.71. The van der Waals surface area contributed by atoms with Gasteiger partial charge < -0.3 is 14.2 Å². The van der Waals surface area contributed by atoms with Gasteiger partial charge in [0.05, 0.1) is 6.61 Å². The first kappa shape index (κ1) is 16.6. The van der Waals surface area contributed by atoms with Gasteiger partial charge in [-0.25, -0.2) is 0 Å². The average molecular weight is 328 g/mol. The van der Waals surface area contributed by atoms with Crippen LogP contribution < -0.4 is 0 Å². The number of aromatic nitrogens is 3. The van der Waals surface area contributed by atoms with E-state index in [-0.39, 0.29) is 5.91 Å². The molecule has 2 aromatic rings. The number of benzene rings is 1. The van der Waals surface area contributed by atoms with E-state index in [9.17, 15) is 4.79 Å². The Morgan fingerprint density at radius 2 is 2.00 bits per heavy atom. The molecular weight excluding hydrogens is 304 g/mol. The lowest BCUT2D eigenvalue weighted by molar-refractivity contribution is -0.144. The zero-order chi connectivity index (χ0) is 16.9. The number of nitrogens with zero attached hydrogens (tertiary/aromatic N) is 4. The molecule has 0 aliphatic carbocycles. The molecule has 1 amide bonds. The molecule has 1 aliphatic heterocycles. The number of aryl methyl sites for hydroxylation is 1. The van der Waals surface area contributed by atoms with Crippen molar-refractivity contribution < 1.29 is 9.53 Å². The van der Waals surface area contributed by atoms with Crippen molar-refractivity contribution in [1.82, 2.24) is 19.7 Å². The molecule has 3 rings (SSSR count). The highest BCUT2D eigenvalue weighted by molar-refractivity contribution is 5.80. The molecule has 128 valence electrons. The van der Waals surface area contributed by atoms with Gasteiger partial charge in [0.15, 0.2) is 0 Å². The molecule has 0 unspecified atom stereocenters. The van der Waals surface area contributed by atoms with Crippen LogP contribution in [0.1, 0.15) is 37.1 Å².